The molecule has 0 amide bonds. The van der Waals surface area contributed by atoms with E-state index in [9.17, 15) is 4.79 Å². The lowest BCUT2D eigenvalue weighted by molar-refractivity contribution is 0.0696. The molecular formula is C14H13ClO3. The van der Waals surface area contributed by atoms with Crippen LogP contribution in [0.15, 0.2) is 48.5 Å². The number of halogens is 1. The molecule has 0 heterocycles. The van der Waals surface area contributed by atoms with Crippen molar-refractivity contribution >= 4 is 18.4 Å². The fourth-order valence-corrected chi connectivity index (χ4v) is 1.70. The zero-order valence-electron chi connectivity index (χ0n) is 9.54. The van der Waals surface area contributed by atoms with Gasteiger partial charge in [0.1, 0.15) is 0 Å². The Morgan fingerprint density at radius 3 is 2.22 bits per heavy atom. The van der Waals surface area contributed by atoms with Crippen LogP contribution in [0.4, 0.5) is 0 Å². The van der Waals surface area contributed by atoms with Gasteiger partial charge in [-0.15, -0.1) is 12.4 Å². The van der Waals surface area contributed by atoms with Gasteiger partial charge in [-0.05, 0) is 34.9 Å². The monoisotopic (exact) mass is 264 g/mol. The lowest BCUT2D eigenvalue weighted by Crippen LogP contribution is -1.98. The van der Waals surface area contributed by atoms with Crippen molar-refractivity contribution < 1.29 is 15.0 Å². The molecule has 2 rings (SSSR count). The maximum Gasteiger partial charge on any atom is 0.335 e. The summed E-state index contributed by atoms with van der Waals surface area (Å²) in [6.07, 6.45) is 0. The summed E-state index contributed by atoms with van der Waals surface area (Å²) in [7, 11) is 0. The molecule has 0 aliphatic carbocycles. The standard InChI is InChI=1S/C14H12O3.ClH/c15-9-10-6-12(8-13(7-10)14(16)17)11-4-2-1-3-5-11;/h1-8,15H,9H2,(H,16,17);1H. The summed E-state index contributed by atoms with van der Waals surface area (Å²) >= 11 is 0. The van der Waals surface area contributed by atoms with Gasteiger partial charge in [0.25, 0.3) is 0 Å². The molecule has 0 radical (unpaired) electrons. The number of aromatic carboxylic acids is 1. The van der Waals surface area contributed by atoms with E-state index in [1.54, 1.807) is 12.1 Å². The molecule has 0 saturated heterocycles. The highest BCUT2D eigenvalue weighted by Gasteiger charge is 2.07. The van der Waals surface area contributed by atoms with Crippen molar-refractivity contribution in [3.63, 3.8) is 0 Å². The van der Waals surface area contributed by atoms with Crippen LogP contribution in [0.5, 0.6) is 0 Å². The Labute approximate surface area is 111 Å². The van der Waals surface area contributed by atoms with Crippen molar-refractivity contribution in [1.82, 2.24) is 0 Å². The maximum absolute atomic E-state index is 11.0. The minimum absolute atomic E-state index is 0. The van der Waals surface area contributed by atoms with Gasteiger partial charge in [-0.25, -0.2) is 4.79 Å². The van der Waals surface area contributed by atoms with Crippen molar-refractivity contribution in [2.45, 2.75) is 6.61 Å². The van der Waals surface area contributed by atoms with Gasteiger partial charge >= 0.3 is 5.97 Å². The summed E-state index contributed by atoms with van der Waals surface area (Å²) < 4.78 is 0. The number of carboxylic acid groups (broad SMARTS) is 1. The summed E-state index contributed by atoms with van der Waals surface area (Å²) in [5.74, 6) is -0.988. The van der Waals surface area contributed by atoms with E-state index in [1.807, 2.05) is 30.3 Å². The third-order valence-corrected chi connectivity index (χ3v) is 2.53. The zero-order valence-corrected chi connectivity index (χ0v) is 10.4. The second-order valence-electron chi connectivity index (χ2n) is 3.75. The Bertz CT molecular complexity index is 538. The molecule has 0 unspecified atom stereocenters. The SMILES string of the molecule is Cl.O=C(O)c1cc(CO)cc(-c2ccccc2)c1. The van der Waals surface area contributed by atoms with Gasteiger partial charge in [0.15, 0.2) is 0 Å². The van der Waals surface area contributed by atoms with Crippen molar-refractivity contribution in [3.05, 3.63) is 59.7 Å². The first kappa shape index (κ1) is 14.2. The highest BCUT2D eigenvalue weighted by Crippen LogP contribution is 2.22. The molecule has 18 heavy (non-hydrogen) atoms. The lowest BCUT2D eigenvalue weighted by atomic mass is 10.00. The second-order valence-corrected chi connectivity index (χ2v) is 3.75. The molecule has 0 aliphatic heterocycles. The van der Waals surface area contributed by atoms with Crippen molar-refractivity contribution in [2.75, 3.05) is 0 Å². The second kappa shape index (κ2) is 6.19. The van der Waals surface area contributed by atoms with Crippen LogP contribution in [0.25, 0.3) is 11.1 Å². The third-order valence-electron chi connectivity index (χ3n) is 2.53. The van der Waals surface area contributed by atoms with Crippen molar-refractivity contribution in [1.29, 1.82) is 0 Å². The lowest BCUT2D eigenvalue weighted by Gasteiger charge is -2.06. The molecule has 2 aromatic rings. The van der Waals surface area contributed by atoms with E-state index >= 15 is 0 Å². The largest absolute Gasteiger partial charge is 0.478 e. The van der Waals surface area contributed by atoms with Crippen LogP contribution < -0.4 is 0 Å². The zero-order chi connectivity index (χ0) is 12.3. The minimum Gasteiger partial charge on any atom is -0.478 e. The number of hydrogen-bond acceptors (Lipinski definition) is 2. The molecule has 2 N–H and O–H groups in total. The predicted octanol–water partition coefficient (Wildman–Crippen LogP) is 2.97. The Morgan fingerprint density at radius 1 is 1.00 bits per heavy atom. The molecule has 0 fully saturated rings. The molecule has 0 spiro atoms. The molecule has 4 heteroatoms. The highest BCUT2D eigenvalue weighted by atomic mass is 35.5. The van der Waals surface area contributed by atoms with Crippen molar-refractivity contribution in [2.24, 2.45) is 0 Å². The average molecular weight is 265 g/mol. The predicted molar refractivity (Wildman–Crippen MR) is 72.0 cm³/mol. The van der Waals surface area contributed by atoms with E-state index in [4.69, 9.17) is 10.2 Å². The third kappa shape index (κ3) is 3.09. The molecule has 0 saturated carbocycles. The summed E-state index contributed by atoms with van der Waals surface area (Å²) in [6.45, 7) is -0.166. The molecule has 0 bridgehead atoms. The Balaban J connectivity index is 0.00000162. The van der Waals surface area contributed by atoms with E-state index in [0.717, 1.165) is 11.1 Å². The quantitative estimate of drug-likeness (QED) is 0.896. The Morgan fingerprint density at radius 2 is 1.67 bits per heavy atom. The summed E-state index contributed by atoms with van der Waals surface area (Å²) in [4.78, 5) is 11.0. The summed E-state index contributed by atoms with van der Waals surface area (Å²) in [5, 5.41) is 18.1. The van der Waals surface area contributed by atoms with Crippen LogP contribution in [-0.4, -0.2) is 16.2 Å². The first-order chi connectivity index (χ1) is 8.20. The molecular weight excluding hydrogens is 252 g/mol. The number of carbonyl (C=O) groups is 1. The Hall–Kier alpha value is -1.84. The fourth-order valence-electron chi connectivity index (χ4n) is 1.70. The van der Waals surface area contributed by atoms with Crippen LogP contribution in [0, 0.1) is 0 Å². The number of aliphatic hydroxyl groups is 1. The normalized spacial score (nSPS) is 9.61. The van der Waals surface area contributed by atoms with Crippen molar-refractivity contribution in [3.8, 4) is 11.1 Å². The summed E-state index contributed by atoms with van der Waals surface area (Å²) in [5.41, 5.74) is 2.53. The molecule has 0 atom stereocenters. The van der Waals surface area contributed by atoms with Gasteiger partial charge in [-0.1, -0.05) is 30.3 Å². The topological polar surface area (TPSA) is 57.5 Å². The van der Waals surface area contributed by atoms with Crippen LogP contribution in [0.3, 0.4) is 0 Å². The average Bonchev–Trinajstić information content (AvgIpc) is 2.39. The number of hydrogen-bond donors (Lipinski definition) is 2. The molecule has 0 aromatic heterocycles. The number of benzene rings is 2. The number of rotatable bonds is 3. The molecule has 2 aromatic carbocycles. The van der Waals surface area contributed by atoms with Gasteiger partial charge < -0.3 is 10.2 Å². The fraction of sp³-hybridized carbons (Fsp3) is 0.0714. The van der Waals surface area contributed by atoms with Gasteiger partial charge in [0.05, 0.1) is 12.2 Å². The van der Waals surface area contributed by atoms with Gasteiger partial charge in [-0.2, -0.15) is 0 Å². The number of carboxylic acids is 1. The van der Waals surface area contributed by atoms with E-state index < -0.39 is 5.97 Å². The highest BCUT2D eigenvalue weighted by molar-refractivity contribution is 5.89. The van der Waals surface area contributed by atoms with E-state index in [2.05, 4.69) is 0 Å². The maximum atomic E-state index is 11.0. The molecule has 3 nitrogen and oxygen atoms in total. The molecule has 94 valence electrons. The van der Waals surface area contributed by atoms with Gasteiger partial charge in [0, 0.05) is 0 Å². The van der Waals surface area contributed by atoms with E-state index in [1.165, 1.54) is 6.07 Å². The van der Waals surface area contributed by atoms with Crippen LogP contribution in [0.1, 0.15) is 15.9 Å². The van der Waals surface area contributed by atoms with E-state index in [0.29, 0.717) is 5.56 Å². The minimum atomic E-state index is -0.988. The van der Waals surface area contributed by atoms with Crippen LogP contribution >= 0.6 is 12.4 Å². The number of aliphatic hydroxyl groups excluding tert-OH is 1. The first-order valence-corrected chi connectivity index (χ1v) is 5.24. The Kier molecular flexibility index (Phi) is 4.89. The smallest absolute Gasteiger partial charge is 0.335 e. The molecule has 0 aliphatic rings. The van der Waals surface area contributed by atoms with E-state index in [-0.39, 0.29) is 24.6 Å². The summed E-state index contributed by atoms with van der Waals surface area (Å²) in [6, 6.07) is 14.4. The van der Waals surface area contributed by atoms with Crippen LogP contribution in [-0.2, 0) is 6.61 Å². The van der Waals surface area contributed by atoms with Gasteiger partial charge in [0.2, 0.25) is 0 Å². The van der Waals surface area contributed by atoms with Gasteiger partial charge in [-0.3, -0.25) is 0 Å². The first-order valence-electron chi connectivity index (χ1n) is 5.24. The van der Waals surface area contributed by atoms with Crippen LogP contribution in [0.2, 0.25) is 0 Å².